The number of methoxy groups -OCH3 is 1. The molecule has 0 saturated carbocycles. The monoisotopic (exact) mass is 648 g/mol. The number of halogens is 1. The molecule has 3 N–H and O–H groups in total. The van der Waals surface area contributed by atoms with Crippen LogP contribution in [0.5, 0.6) is 5.75 Å². The van der Waals surface area contributed by atoms with Gasteiger partial charge in [0.25, 0.3) is 0 Å². The number of rotatable bonds is 9. The van der Waals surface area contributed by atoms with Crippen LogP contribution in [0.25, 0.3) is 0 Å². The lowest BCUT2D eigenvalue weighted by Gasteiger charge is -2.41. The third kappa shape index (κ3) is 7.32. The maximum Gasteiger partial charge on any atom is 0.249 e. The predicted molar refractivity (Wildman–Crippen MR) is 175 cm³/mol. The van der Waals surface area contributed by atoms with Gasteiger partial charge in [-0.3, -0.25) is 9.79 Å². The smallest absolute Gasteiger partial charge is 0.249 e. The highest BCUT2D eigenvalue weighted by molar-refractivity contribution is 7.92. The minimum Gasteiger partial charge on any atom is -0.494 e. The Hall–Kier alpha value is -2.76. The Morgan fingerprint density at radius 1 is 1.02 bits per heavy atom. The molecule has 0 atom stereocenters. The summed E-state index contributed by atoms with van der Waals surface area (Å²) in [6.45, 7) is 9.23. The highest BCUT2D eigenvalue weighted by Crippen LogP contribution is 2.52. The molecule has 2 aliphatic rings. The predicted octanol–water partition coefficient (Wildman–Crippen LogP) is 5.04. The third-order valence-electron chi connectivity index (χ3n) is 8.23. The molecule has 0 aliphatic carbocycles. The van der Waals surface area contributed by atoms with Crippen LogP contribution in [0.3, 0.4) is 0 Å². The van der Waals surface area contributed by atoms with E-state index in [1.807, 2.05) is 24.9 Å². The Kier molecular flexibility index (Phi) is 9.63. The summed E-state index contributed by atoms with van der Waals surface area (Å²) in [4.78, 5) is 20.0. The summed E-state index contributed by atoms with van der Waals surface area (Å²) in [5.41, 5.74) is 2.08. The minimum absolute atomic E-state index is 0.00427. The zero-order chi connectivity index (χ0) is 30.8. The zero-order valence-electron chi connectivity index (χ0n) is 25.0. The molecule has 2 fully saturated rings. The lowest BCUT2D eigenvalue weighted by molar-refractivity contribution is 0.180. The zero-order valence-corrected chi connectivity index (χ0v) is 27.5. The number of sulfone groups is 1. The Morgan fingerprint density at radius 3 is 2.40 bits per heavy atom. The van der Waals surface area contributed by atoms with Gasteiger partial charge in [-0.2, -0.15) is 4.98 Å². The van der Waals surface area contributed by atoms with E-state index in [1.54, 1.807) is 45.2 Å². The number of hydrogen-bond acceptors (Lipinski definition) is 11. The van der Waals surface area contributed by atoms with E-state index >= 15 is 0 Å². The standard InChI is InChI=1S/C29H40ClN7O4PS/c1-20(2)43(39,40)26-8-6-5-7-24(26)31-28-27(30)34-35-29(33-28)32-23-10-9-22(19-25(23)41-3)36-13-11-21(12-14-36)37-15-17-42(4,38)18-16-37/h5-10,19-21,38H,11-18H2,1-4H3,(H2,31,32,33,35)/q+1. The van der Waals surface area contributed by atoms with Gasteiger partial charge in [0.05, 0.1) is 47.6 Å². The molecule has 0 bridgehead atoms. The molecule has 3 aromatic rings. The molecule has 1 aromatic heterocycles. The van der Waals surface area contributed by atoms with E-state index < -0.39 is 22.6 Å². The van der Waals surface area contributed by atoms with Crippen molar-refractivity contribution in [2.75, 3.05) is 67.8 Å². The van der Waals surface area contributed by atoms with Crippen molar-refractivity contribution < 1.29 is 18.0 Å². The quantitative estimate of drug-likeness (QED) is 0.270. The van der Waals surface area contributed by atoms with Crippen LogP contribution >= 0.6 is 19.1 Å². The van der Waals surface area contributed by atoms with Crippen LogP contribution < -0.4 is 20.3 Å². The van der Waals surface area contributed by atoms with Crippen LogP contribution in [-0.2, 0) is 9.84 Å². The van der Waals surface area contributed by atoms with Crippen LogP contribution in [0.1, 0.15) is 26.7 Å². The van der Waals surface area contributed by atoms with E-state index in [0.29, 0.717) is 23.2 Å². The van der Waals surface area contributed by atoms with E-state index in [9.17, 15) is 13.3 Å². The molecule has 43 heavy (non-hydrogen) atoms. The highest BCUT2D eigenvalue weighted by Gasteiger charge is 2.37. The summed E-state index contributed by atoms with van der Waals surface area (Å²) in [5.74, 6) is 0.970. The number of para-hydroxylation sites is 1. The van der Waals surface area contributed by atoms with Crippen molar-refractivity contribution in [2.45, 2.75) is 42.9 Å². The summed E-state index contributed by atoms with van der Waals surface area (Å²) in [6.07, 6.45) is 4.06. The van der Waals surface area contributed by atoms with Gasteiger partial charge >= 0.3 is 0 Å². The second-order valence-electron chi connectivity index (χ2n) is 11.5. The van der Waals surface area contributed by atoms with E-state index in [4.69, 9.17) is 16.3 Å². The maximum absolute atomic E-state index is 12.9. The number of piperidine rings is 1. The summed E-state index contributed by atoms with van der Waals surface area (Å²) in [7, 11) is -3.61. The van der Waals surface area contributed by atoms with Crippen LogP contribution in [0.4, 0.5) is 28.8 Å². The van der Waals surface area contributed by atoms with Gasteiger partial charge in [-0.1, -0.05) is 23.7 Å². The molecule has 0 spiro atoms. The fraction of sp³-hybridized carbons (Fsp3) is 0.483. The van der Waals surface area contributed by atoms with Gasteiger partial charge in [0.15, 0.2) is 20.8 Å². The van der Waals surface area contributed by atoms with Gasteiger partial charge in [0, 0.05) is 44.0 Å². The second kappa shape index (κ2) is 13.1. The fourth-order valence-corrected chi connectivity index (χ4v) is 8.44. The minimum atomic E-state index is -3.55. The van der Waals surface area contributed by atoms with Gasteiger partial charge in [-0.15, -0.1) is 10.2 Å². The van der Waals surface area contributed by atoms with Gasteiger partial charge in [-0.25, -0.2) is 8.42 Å². The van der Waals surface area contributed by atoms with Crippen molar-refractivity contribution >= 4 is 57.8 Å². The molecule has 2 aromatic carbocycles. The average molecular weight is 649 g/mol. The molecule has 0 radical (unpaired) electrons. The largest absolute Gasteiger partial charge is 0.494 e. The van der Waals surface area contributed by atoms with Crippen LogP contribution in [0, 0.1) is 0 Å². The van der Waals surface area contributed by atoms with Crippen LogP contribution in [0.15, 0.2) is 47.4 Å². The summed E-state index contributed by atoms with van der Waals surface area (Å²) >= 11 is 6.30. The lowest BCUT2D eigenvalue weighted by atomic mass is 10.0. The van der Waals surface area contributed by atoms with Crippen LogP contribution in [-0.4, -0.2) is 97.0 Å². The van der Waals surface area contributed by atoms with Crippen molar-refractivity contribution in [2.24, 2.45) is 0 Å². The van der Waals surface area contributed by atoms with Gasteiger partial charge in [-0.05, 0) is 51.0 Å². The lowest BCUT2D eigenvalue weighted by Crippen LogP contribution is -2.49. The molecular formula is C29H40ClN7O4PS+. The van der Waals surface area contributed by atoms with Gasteiger partial charge in [0.2, 0.25) is 5.95 Å². The first-order valence-corrected chi connectivity index (χ1v) is 19.0. The van der Waals surface area contributed by atoms with Crippen molar-refractivity contribution in [3.63, 3.8) is 0 Å². The van der Waals surface area contributed by atoms with Crippen molar-refractivity contribution in [3.8, 4) is 5.75 Å². The number of ether oxygens (including phenoxy) is 1. The Bertz CT molecular complexity index is 1540. The van der Waals surface area contributed by atoms with Crippen molar-refractivity contribution in [1.29, 1.82) is 0 Å². The van der Waals surface area contributed by atoms with E-state index in [0.717, 1.165) is 57.0 Å². The first-order chi connectivity index (χ1) is 20.5. The Balaban J connectivity index is 1.27. The molecule has 3 heterocycles. The normalized spacial score (nSPS) is 18.1. The van der Waals surface area contributed by atoms with E-state index in [2.05, 4.69) is 35.6 Å². The summed E-state index contributed by atoms with van der Waals surface area (Å²) in [6, 6.07) is 13.1. The average Bonchev–Trinajstić information content (AvgIpc) is 2.99. The molecule has 14 heteroatoms. The molecular weight excluding hydrogens is 609 g/mol. The van der Waals surface area contributed by atoms with Gasteiger partial charge in [0.1, 0.15) is 13.2 Å². The molecule has 0 unspecified atom stereocenters. The topological polar surface area (TPSA) is 133 Å². The molecule has 2 aliphatic heterocycles. The molecule has 2 saturated heterocycles. The van der Waals surface area contributed by atoms with Crippen molar-refractivity contribution in [1.82, 2.24) is 20.1 Å². The number of nitrogens with zero attached hydrogens (tertiary/aromatic N) is 5. The first-order valence-electron chi connectivity index (χ1n) is 14.5. The molecule has 5 rings (SSSR count). The van der Waals surface area contributed by atoms with Crippen molar-refractivity contribution in [3.05, 3.63) is 47.6 Å². The number of aromatic nitrogens is 3. The SMILES string of the molecule is COc1cc(N2CCC(N3CC[P+](C)(O)CC3)CC2)ccc1Nc1nnc(Cl)c(Nc2ccccc2S(=O)(=O)C(C)C)n1. The number of benzene rings is 2. The fourth-order valence-electron chi connectivity index (χ4n) is 5.51. The third-order valence-corrected chi connectivity index (χ3v) is 13.0. The number of hydrogen-bond donors (Lipinski definition) is 3. The number of nitrogens with one attached hydrogen (secondary N) is 2. The summed E-state index contributed by atoms with van der Waals surface area (Å²) in [5, 5.41) is 13.7. The highest BCUT2D eigenvalue weighted by atomic mass is 35.5. The molecule has 0 amide bonds. The maximum atomic E-state index is 12.9. The van der Waals surface area contributed by atoms with E-state index in [1.165, 1.54) is 0 Å². The Morgan fingerprint density at radius 2 is 1.72 bits per heavy atom. The number of anilines is 5. The molecule has 11 nitrogen and oxygen atoms in total. The first kappa shape index (κ1) is 31.7. The van der Waals surface area contributed by atoms with Crippen LogP contribution in [0.2, 0.25) is 5.15 Å². The van der Waals surface area contributed by atoms with E-state index in [-0.39, 0.29) is 21.8 Å². The Labute approximate surface area is 259 Å². The molecule has 232 valence electrons. The van der Waals surface area contributed by atoms with Gasteiger partial charge < -0.3 is 20.3 Å². The second-order valence-corrected chi connectivity index (χ2v) is 17.9. The summed E-state index contributed by atoms with van der Waals surface area (Å²) < 4.78 is 31.5.